The van der Waals surface area contributed by atoms with Gasteiger partial charge in [0.05, 0.1) is 6.54 Å². The number of benzene rings is 1. The van der Waals surface area contributed by atoms with Crippen molar-refractivity contribution in [1.29, 1.82) is 0 Å². The van der Waals surface area contributed by atoms with Gasteiger partial charge in [0, 0.05) is 13.1 Å². The summed E-state index contributed by atoms with van der Waals surface area (Å²) in [5.41, 5.74) is 4.20. The highest BCUT2D eigenvalue weighted by Crippen LogP contribution is 2.14. The topological polar surface area (TPSA) is 72.3 Å². The van der Waals surface area contributed by atoms with Crippen LogP contribution in [0.1, 0.15) is 24.8 Å². The Morgan fingerprint density at radius 3 is 2.74 bits per heavy atom. The molecule has 0 bridgehead atoms. The fourth-order valence-corrected chi connectivity index (χ4v) is 2.59. The Morgan fingerprint density at radius 1 is 1.17 bits per heavy atom. The predicted octanol–water partition coefficient (Wildman–Crippen LogP) is 1.41. The molecular weight excluding hydrogens is 294 g/mol. The van der Waals surface area contributed by atoms with Crippen LogP contribution in [0.25, 0.3) is 0 Å². The Kier molecular flexibility index (Phi) is 5.08. The Bertz CT molecular complexity index is 623. The van der Waals surface area contributed by atoms with Gasteiger partial charge in [-0.15, -0.1) is 10.2 Å². The quantitative estimate of drug-likeness (QED) is 0.872. The van der Waals surface area contributed by atoms with Crippen molar-refractivity contribution < 1.29 is 9.53 Å². The molecule has 23 heavy (non-hydrogen) atoms. The summed E-state index contributed by atoms with van der Waals surface area (Å²) < 4.78 is 7.34. The highest BCUT2D eigenvalue weighted by molar-refractivity contribution is 5.77. The molecule has 1 N–H and O–H groups in total. The van der Waals surface area contributed by atoms with E-state index in [1.807, 2.05) is 29.2 Å². The zero-order valence-electron chi connectivity index (χ0n) is 13.0. The van der Waals surface area contributed by atoms with Crippen LogP contribution < -0.4 is 10.2 Å². The SMILES string of the molecule is O=C(COc1cccc(CNn2cnnc2)c1)N1CCCCC1. The third-order valence-corrected chi connectivity index (χ3v) is 3.85. The summed E-state index contributed by atoms with van der Waals surface area (Å²) in [7, 11) is 0. The van der Waals surface area contributed by atoms with E-state index in [1.165, 1.54) is 6.42 Å². The van der Waals surface area contributed by atoms with Crippen molar-refractivity contribution in [3.63, 3.8) is 0 Å². The number of hydrogen-bond acceptors (Lipinski definition) is 5. The largest absolute Gasteiger partial charge is 0.484 e. The first-order valence-corrected chi connectivity index (χ1v) is 7.89. The maximum atomic E-state index is 12.1. The van der Waals surface area contributed by atoms with E-state index in [4.69, 9.17) is 4.74 Å². The van der Waals surface area contributed by atoms with Crippen molar-refractivity contribution in [2.24, 2.45) is 0 Å². The van der Waals surface area contributed by atoms with Crippen molar-refractivity contribution in [2.75, 3.05) is 25.1 Å². The molecule has 2 aromatic rings. The maximum absolute atomic E-state index is 12.1. The summed E-state index contributed by atoms with van der Waals surface area (Å²) in [6.07, 6.45) is 6.59. The Balaban J connectivity index is 1.49. The number of nitrogens with zero attached hydrogens (tertiary/aromatic N) is 4. The van der Waals surface area contributed by atoms with Crippen LogP contribution in [0.2, 0.25) is 0 Å². The first kappa shape index (κ1) is 15.3. The molecule has 122 valence electrons. The van der Waals surface area contributed by atoms with Gasteiger partial charge in [0.15, 0.2) is 6.61 Å². The van der Waals surface area contributed by atoms with Crippen LogP contribution in [-0.2, 0) is 11.3 Å². The Hall–Kier alpha value is -2.57. The monoisotopic (exact) mass is 315 g/mol. The molecule has 7 heteroatoms. The fraction of sp³-hybridized carbons (Fsp3) is 0.438. The molecule has 2 heterocycles. The maximum Gasteiger partial charge on any atom is 0.260 e. The smallest absolute Gasteiger partial charge is 0.260 e. The molecule has 0 atom stereocenters. The molecule has 7 nitrogen and oxygen atoms in total. The lowest BCUT2D eigenvalue weighted by Crippen LogP contribution is -2.38. The molecule has 0 saturated carbocycles. The number of amides is 1. The fourth-order valence-electron chi connectivity index (χ4n) is 2.59. The van der Waals surface area contributed by atoms with E-state index >= 15 is 0 Å². The van der Waals surface area contributed by atoms with E-state index in [2.05, 4.69) is 15.6 Å². The van der Waals surface area contributed by atoms with Crippen LogP contribution in [0.5, 0.6) is 5.75 Å². The van der Waals surface area contributed by atoms with Crippen molar-refractivity contribution in [3.05, 3.63) is 42.5 Å². The summed E-state index contributed by atoms with van der Waals surface area (Å²) in [4.78, 5) is 14.0. The van der Waals surface area contributed by atoms with Crippen molar-refractivity contribution >= 4 is 5.91 Å². The first-order chi connectivity index (χ1) is 11.3. The highest BCUT2D eigenvalue weighted by Gasteiger charge is 2.16. The molecule has 1 aromatic heterocycles. The molecule has 1 aliphatic rings. The van der Waals surface area contributed by atoms with Gasteiger partial charge in [-0.25, -0.2) is 4.68 Å². The highest BCUT2D eigenvalue weighted by atomic mass is 16.5. The van der Waals surface area contributed by atoms with Crippen LogP contribution in [0.15, 0.2) is 36.9 Å². The van der Waals surface area contributed by atoms with E-state index in [-0.39, 0.29) is 12.5 Å². The number of carbonyl (C=O) groups excluding carboxylic acids is 1. The van der Waals surface area contributed by atoms with Gasteiger partial charge in [0.25, 0.3) is 5.91 Å². The van der Waals surface area contributed by atoms with Crippen molar-refractivity contribution in [3.8, 4) is 5.75 Å². The summed E-state index contributed by atoms with van der Waals surface area (Å²) in [6, 6.07) is 7.72. The van der Waals surface area contributed by atoms with Gasteiger partial charge < -0.3 is 15.1 Å². The molecule has 0 aliphatic carbocycles. The molecule has 1 aliphatic heterocycles. The van der Waals surface area contributed by atoms with Crippen molar-refractivity contribution in [2.45, 2.75) is 25.8 Å². The van der Waals surface area contributed by atoms with E-state index < -0.39 is 0 Å². The van der Waals surface area contributed by atoms with E-state index in [0.717, 1.165) is 31.5 Å². The zero-order valence-corrected chi connectivity index (χ0v) is 13.0. The zero-order chi connectivity index (χ0) is 15.9. The number of carbonyl (C=O) groups is 1. The third kappa shape index (κ3) is 4.45. The lowest BCUT2D eigenvalue weighted by Gasteiger charge is -2.26. The second-order valence-electron chi connectivity index (χ2n) is 5.58. The normalized spacial score (nSPS) is 14.5. The summed E-state index contributed by atoms with van der Waals surface area (Å²) in [5, 5.41) is 7.46. The van der Waals surface area contributed by atoms with Crippen LogP contribution in [-0.4, -0.2) is 45.4 Å². The Labute approximate surface area is 135 Å². The summed E-state index contributed by atoms with van der Waals surface area (Å²) in [5.74, 6) is 0.774. The average molecular weight is 315 g/mol. The number of nitrogens with one attached hydrogen (secondary N) is 1. The molecule has 1 saturated heterocycles. The van der Waals surface area contributed by atoms with Crippen LogP contribution in [0.4, 0.5) is 0 Å². The molecule has 0 spiro atoms. The van der Waals surface area contributed by atoms with E-state index in [9.17, 15) is 4.79 Å². The summed E-state index contributed by atoms with van der Waals surface area (Å²) >= 11 is 0. The number of hydrogen-bond donors (Lipinski definition) is 1. The number of rotatable bonds is 6. The molecular formula is C16H21N5O2. The van der Waals surface area contributed by atoms with Gasteiger partial charge >= 0.3 is 0 Å². The minimum absolute atomic E-state index is 0.0673. The van der Waals surface area contributed by atoms with Gasteiger partial charge in [-0.3, -0.25) is 4.79 Å². The molecule has 3 rings (SSSR count). The number of piperidine rings is 1. The standard InChI is InChI=1S/C16H21N5O2/c22-16(20-7-2-1-3-8-20)11-23-15-6-4-5-14(9-15)10-19-21-12-17-18-13-21/h4-6,9,12-13,19H,1-3,7-8,10-11H2. The number of ether oxygens (including phenoxy) is 1. The minimum Gasteiger partial charge on any atom is -0.484 e. The van der Waals surface area contributed by atoms with Crippen LogP contribution in [0.3, 0.4) is 0 Å². The van der Waals surface area contributed by atoms with E-state index in [0.29, 0.717) is 12.3 Å². The lowest BCUT2D eigenvalue weighted by molar-refractivity contribution is -0.134. The van der Waals surface area contributed by atoms with Gasteiger partial charge in [-0.2, -0.15) is 0 Å². The number of aromatic nitrogens is 3. The Morgan fingerprint density at radius 2 is 1.96 bits per heavy atom. The molecule has 0 unspecified atom stereocenters. The molecule has 1 aromatic carbocycles. The second-order valence-corrected chi connectivity index (χ2v) is 5.58. The lowest BCUT2D eigenvalue weighted by atomic mass is 10.1. The molecule has 1 amide bonds. The summed E-state index contributed by atoms with van der Waals surface area (Å²) in [6.45, 7) is 2.42. The number of likely N-dealkylation sites (tertiary alicyclic amines) is 1. The predicted molar refractivity (Wildman–Crippen MR) is 85.5 cm³/mol. The van der Waals surface area contributed by atoms with E-state index in [1.54, 1.807) is 17.3 Å². The molecule has 1 fully saturated rings. The third-order valence-electron chi connectivity index (χ3n) is 3.85. The van der Waals surface area contributed by atoms with Gasteiger partial charge in [0.1, 0.15) is 18.4 Å². The average Bonchev–Trinajstić information content (AvgIpc) is 3.12. The van der Waals surface area contributed by atoms with Crippen LogP contribution >= 0.6 is 0 Å². The van der Waals surface area contributed by atoms with Gasteiger partial charge in [-0.05, 0) is 37.0 Å². The minimum atomic E-state index is 0.0673. The van der Waals surface area contributed by atoms with Crippen LogP contribution in [0, 0.1) is 0 Å². The van der Waals surface area contributed by atoms with Gasteiger partial charge in [-0.1, -0.05) is 12.1 Å². The first-order valence-electron chi connectivity index (χ1n) is 7.89. The van der Waals surface area contributed by atoms with Crippen molar-refractivity contribution in [1.82, 2.24) is 19.8 Å². The molecule has 0 radical (unpaired) electrons. The van der Waals surface area contributed by atoms with Gasteiger partial charge in [0.2, 0.25) is 0 Å². The second kappa shape index (κ2) is 7.62.